The third-order valence-electron chi connectivity index (χ3n) is 1.23. The molecule has 14 heavy (non-hydrogen) atoms. The molecule has 0 aliphatic carbocycles. The first-order chi connectivity index (χ1) is 5.99. The van der Waals surface area contributed by atoms with Crippen LogP contribution in [0, 0.1) is 5.92 Å². The summed E-state index contributed by atoms with van der Waals surface area (Å²) in [6.45, 7) is 5.96. The van der Waals surface area contributed by atoms with Gasteiger partial charge in [0.15, 0.2) is 0 Å². The fourth-order valence-electron chi connectivity index (χ4n) is 0.755. The lowest BCUT2D eigenvalue weighted by Crippen LogP contribution is -2.32. The van der Waals surface area contributed by atoms with Crippen LogP contribution in [0.1, 0.15) is 27.2 Å². The summed E-state index contributed by atoms with van der Waals surface area (Å²) in [7, 11) is 1.35. The normalized spacial score (nSPS) is 10.8. The number of carbonyl (C=O) groups is 1. The Balaban J connectivity index is -0.000000267. The number of methoxy groups -OCH3 is 1. The van der Waals surface area contributed by atoms with Crippen molar-refractivity contribution in [3.63, 3.8) is 0 Å². The number of aliphatic hydroxyl groups excluding tert-OH is 1. The second-order valence-electron chi connectivity index (χ2n) is 3.08. The van der Waals surface area contributed by atoms with E-state index in [9.17, 15) is 4.79 Å². The molecule has 4 nitrogen and oxygen atoms in total. The zero-order valence-electron chi connectivity index (χ0n) is 9.32. The van der Waals surface area contributed by atoms with Crippen molar-refractivity contribution in [3.8, 4) is 0 Å². The van der Waals surface area contributed by atoms with Crippen LogP contribution in [0.5, 0.6) is 0 Å². The predicted molar refractivity (Wildman–Crippen MR) is 59.5 cm³/mol. The van der Waals surface area contributed by atoms with Crippen LogP contribution in [0.15, 0.2) is 0 Å². The van der Waals surface area contributed by atoms with Gasteiger partial charge in [0.1, 0.15) is 6.04 Å². The van der Waals surface area contributed by atoms with Gasteiger partial charge in [-0.25, -0.2) is 0 Å². The van der Waals surface area contributed by atoms with Crippen LogP contribution in [0.2, 0.25) is 0 Å². The van der Waals surface area contributed by atoms with Gasteiger partial charge in [0.05, 0.1) is 7.11 Å². The molecule has 0 saturated carbocycles. The standard InChI is InChI=1S/C7H15NO2.C2H6O.ClH/c1-5(2)4-6(8)7(9)10-3;1-2-3;/h5-6H,4,8H2,1-3H3;3H,2H2,1H3;1H. The van der Waals surface area contributed by atoms with Gasteiger partial charge < -0.3 is 15.6 Å². The number of nitrogens with two attached hydrogens (primary N) is 1. The Morgan fingerprint density at radius 3 is 2.07 bits per heavy atom. The average Bonchev–Trinajstić information content (AvgIpc) is 2.03. The molecule has 1 unspecified atom stereocenters. The van der Waals surface area contributed by atoms with Crippen molar-refractivity contribution in [2.24, 2.45) is 11.7 Å². The average molecular weight is 228 g/mol. The van der Waals surface area contributed by atoms with Crippen LogP contribution in [-0.4, -0.2) is 30.8 Å². The summed E-state index contributed by atoms with van der Waals surface area (Å²) in [5.41, 5.74) is 5.45. The number of hydrogen-bond donors (Lipinski definition) is 2. The lowest BCUT2D eigenvalue weighted by atomic mass is 10.1. The molecule has 0 saturated heterocycles. The molecule has 88 valence electrons. The Labute approximate surface area is 92.2 Å². The van der Waals surface area contributed by atoms with Gasteiger partial charge >= 0.3 is 5.97 Å². The van der Waals surface area contributed by atoms with Crippen LogP contribution >= 0.6 is 12.4 Å². The smallest absolute Gasteiger partial charge is 0.322 e. The maximum absolute atomic E-state index is 10.7. The number of halogens is 1. The summed E-state index contributed by atoms with van der Waals surface area (Å²) in [4.78, 5) is 10.7. The van der Waals surface area contributed by atoms with Gasteiger partial charge in [0.2, 0.25) is 0 Å². The van der Waals surface area contributed by atoms with Gasteiger partial charge in [-0.3, -0.25) is 4.79 Å². The van der Waals surface area contributed by atoms with E-state index in [0.29, 0.717) is 12.3 Å². The first-order valence-electron chi connectivity index (χ1n) is 4.43. The molecule has 0 aliphatic heterocycles. The SMILES string of the molecule is CCO.COC(=O)C(N)CC(C)C.Cl. The minimum absolute atomic E-state index is 0. The Morgan fingerprint density at radius 2 is 1.86 bits per heavy atom. The van der Waals surface area contributed by atoms with E-state index in [1.54, 1.807) is 6.92 Å². The van der Waals surface area contributed by atoms with Crippen molar-refractivity contribution >= 4 is 18.4 Å². The van der Waals surface area contributed by atoms with Crippen LogP contribution in [0.25, 0.3) is 0 Å². The molecule has 0 aromatic carbocycles. The first-order valence-corrected chi connectivity index (χ1v) is 4.43. The summed E-state index contributed by atoms with van der Waals surface area (Å²) in [6, 6.07) is -0.454. The zero-order chi connectivity index (χ0) is 10.9. The van der Waals surface area contributed by atoms with Crippen LogP contribution in [0.3, 0.4) is 0 Å². The molecular formula is C9H22ClNO3. The summed E-state index contributed by atoms with van der Waals surface area (Å²) in [6.07, 6.45) is 0.687. The zero-order valence-corrected chi connectivity index (χ0v) is 10.1. The van der Waals surface area contributed by atoms with Crippen molar-refractivity contribution in [1.82, 2.24) is 0 Å². The van der Waals surface area contributed by atoms with Crippen molar-refractivity contribution < 1.29 is 14.6 Å². The minimum Gasteiger partial charge on any atom is -0.468 e. The van der Waals surface area contributed by atoms with Gasteiger partial charge in [-0.15, -0.1) is 12.4 Å². The molecular weight excluding hydrogens is 206 g/mol. The summed E-state index contributed by atoms with van der Waals surface area (Å²) in [5.74, 6) is 0.114. The van der Waals surface area contributed by atoms with E-state index in [4.69, 9.17) is 10.8 Å². The summed E-state index contributed by atoms with van der Waals surface area (Å²) < 4.78 is 4.45. The summed E-state index contributed by atoms with van der Waals surface area (Å²) in [5, 5.41) is 7.57. The first kappa shape index (κ1) is 19.3. The molecule has 0 aliphatic rings. The fraction of sp³-hybridized carbons (Fsp3) is 0.889. The largest absolute Gasteiger partial charge is 0.468 e. The predicted octanol–water partition coefficient (Wildman–Crippen LogP) is 0.953. The van der Waals surface area contributed by atoms with Crippen molar-refractivity contribution in [1.29, 1.82) is 0 Å². The van der Waals surface area contributed by atoms with Crippen molar-refractivity contribution in [2.75, 3.05) is 13.7 Å². The molecule has 0 aromatic heterocycles. The van der Waals surface area contributed by atoms with E-state index in [2.05, 4.69) is 4.74 Å². The van der Waals surface area contributed by atoms with E-state index in [1.165, 1.54) is 7.11 Å². The molecule has 0 aromatic rings. The maximum atomic E-state index is 10.7. The van der Waals surface area contributed by atoms with E-state index >= 15 is 0 Å². The minimum atomic E-state index is -0.454. The van der Waals surface area contributed by atoms with E-state index in [-0.39, 0.29) is 25.0 Å². The molecule has 3 N–H and O–H groups in total. The lowest BCUT2D eigenvalue weighted by molar-refractivity contribution is -0.142. The highest BCUT2D eigenvalue weighted by Gasteiger charge is 2.14. The van der Waals surface area contributed by atoms with Gasteiger partial charge in [0.25, 0.3) is 0 Å². The number of aliphatic hydroxyl groups is 1. The Bertz CT molecular complexity index is 131. The third-order valence-corrected chi connectivity index (χ3v) is 1.23. The Hall–Kier alpha value is -0.320. The molecule has 5 heteroatoms. The molecule has 0 amide bonds. The molecule has 0 heterocycles. The molecule has 0 bridgehead atoms. The maximum Gasteiger partial charge on any atom is 0.322 e. The molecule has 0 radical (unpaired) electrons. The van der Waals surface area contributed by atoms with E-state index < -0.39 is 6.04 Å². The fourth-order valence-corrected chi connectivity index (χ4v) is 0.755. The topological polar surface area (TPSA) is 72.5 Å². The van der Waals surface area contributed by atoms with Crippen LogP contribution in [-0.2, 0) is 9.53 Å². The highest BCUT2D eigenvalue weighted by molar-refractivity contribution is 5.85. The van der Waals surface area contributed by atoms with Crippen LogP contribution < -0.4 is 5.73 Å². The molecule has 1 atom stereocenters. The van der Waals surface area contributed by atoms with E-state index in [0.717, 1.165) is 0 Å². The molecule has 0 spiro atoms. The van der Waals surface area contributed by atoms with Gasteiger partial charge in [-0.05, 0) is 19.3 Å². The second kappa shape index (κ2) is 12.7. The van der Waals surface area contributed by atoms with E-state index in [1.807, 2.05) is 13.8 Å². The number of hydrogen-bond acceptors (Lipinski definition) is 4. The molecule has 0 rings (SSSR count). The van der Waals surface area contributed by atoms with Gasteiger partial charge in [0, 0.05) is 6.61 Å². The highest BCUT2D eigenvalue weighted by Crippen LogP contribution is 2.02. The number of carbonyl (C=O) groups excluding carboxylic acids is 1. The number of rotatable bonds is 3. The summed E-state index contributed by atoms with van der Waals surface area (Å²) >= 11 is 0. The second-order valence-corrected chi connectivity index (χ2v) is 3.08. The number of esters is 1. The van der Waals surface area contributed by atoms with Gasteiger partial charge in [-0.1, -0.05) is 13.8 Å². The number of ether oxygens (including phenoxy) is 1. The Morgan fingerprint density at radius 1 is 1.50 bits per heavy atom. The third kappa shape index (κ3) is 14.2. The lowest BCUT2D eigenvalue weighted by Gasteiger charge is -2.10. The monoisotopic (exact) mass is 227 g/mol. The quantitative estimate of drug-likeness (QED) is 0.705. The van der Waals surface area contributed by atoms with Crippen molar-refractivity contribution in [3.05, 3.63) is 0 Å². The highest BCUT2D eigenvalue weighted by atomic mass is 35.5. The van der Waals surface area contributed by atoms with Crippen molar-refractivity contribution in [2.45, 2.75) is 33.2 Å². The molecule has 0 fully saturated rings. The Kier molecular flexibility index (Phi) is 17.5. The van der Waals surface area contributed by atoms with Crippen LogP contribution in [0.4, 0.5) is 0 Å². The van der Waals surface area contributed by atoms with Gasteiger partial charge in [-0.2, -0.15) is 0 Å².